The van der Waals surface area contributed by atoms with Crippen molar-refractivity contribution >= 4 is 11.9 Å². The van der Waals surface area contributed by atoms with E-state index in [2.05, 4.69) is 4.90 Å². The minimum atomic E-state index is -0.974. The molecule has 2 atom stereocenters. The summed E-state index contributed by atoms with van der Waals surface area (Å²) in [4.78, 5) is 27.0. The van der Waals surface area contributed by atoms with Crippen LogP contribution in [0.2, 0.25) is 0 Å². The molecule has 0 unspecified atom stereocenters. The van der Waals surface area contributed by atoms with E-state index >= 15 is 0 Å². The van der Waals surface area contributed by atoms with Gasteiger partial charge in [-0.05, 0) is 31.9 Å². The summed E-state index contributed by atoms with van der Waals surface area (Å²) in [5.74, 6) is -1.07. The van der Waals surface area contributed by atoms with Crippen LogP contribution in [0, 0.1) is 0 Å². The number of carbonyl (C=O) groups is 2. The van der Waals surface area contributed by atoms with Gasteiger partial charge >= 0.3 is 5.97 Å². The van der Waals surface area contributed by atoms with E-state index in [1.165, 1.54) is 17.4 Å². The third-order valence-electron chi connectivity index (χ3n) is 4.16. The van der Waals surface area contributed by atoms with Crippen molar-refractivity contribution in [3.63, 3.8) is 0 Å². The fourth-order valence-corrected chi connectivity index (χ4v) is 2.70. The van der Waals surface area contributed by atoms with Crippen molar-refractivity contribution < 1.29 is 14.7 Å². The predicted molar refractivity (Wildman–Crippen MR) is 79.7 cm³/mol. The highest BCUT2D eigenvalue weighted by Gasteiger charge is 2.35. The van der Waals surface area contributed by atoms with E-state index in [4.69, 9.17) is 5.11 Å². The normalized spacial score (nSPS) is 20.2. The van der Waals surface area contributed by atoms with Crippen molar-refractivity contribution in [2.75, 3.05) is 13.6 Å². The van der Waals surface area contributed by atoms with Gasteiger partial charge in [-0.15, -0.1) is 0 Å². The first-order valence-corrected chi connectivity index (χ1v) is 7.28. The Labute approximate surface area is 125 Å². The lowest BCUT2D eigenvalue weighted by Crippen LogP contribution is -2.49. The largest absolute Gasteiger partial charge is 0.480 e. The highest BCUT2D eigenvalue weighted by Crippen LogP contribution is 2.22. The second kappa shape index (κ2) is 6.72. The molecule has 1 aliphatic heterocycles. The van der Waals surface area contributed by atoms with Crippen molar-refractivity contribution in [1.82, 2.24) is 9.80 Å². The molecule has 2 rings (SSSR count). The average Bonchev–Trinajstić information content (AvgIpc) is 2.94. The molecular weight excluding hydrogens is 268 g/mol. The van der Waals surface area contributed by atoms with E-state index < -0.39 is 12.0 Å². The molecule has 0 bridgehead atoms. The smallest absolute Gasteiger partial charge is 0.326 e. The third-order valence-corrected chi connectivity index (χ3v) is 4.16. The monoisotopic (exact) mass is 290 g/mol. The molecule has 1 heterocycles. The number of nitrogens with zero attached hydrogens (tertiary/aromatic N) is 2. The van der Waals surface area contributed by atoms with Gasteiger partial charge in [0, 0.05) is 13.6 Å². The number of likely N-dealkylation sites (N-methyl/N-ethyl adjacent to an activating group) is 1. The molecule has 1 N–H and O–H groups in total. The molecule has 1 aromatic carbocycles. The molecule has 0 spiro atoms. The Morgan fingerprint density at radius 2 is 2.05 bits per heavy atom. The number of carbonyl (C=O) groups excluding carboxylic acids is 1. The van der Waals surface area contributed by atoms with Gasteiger partial charge in [-0.3, -0.25) is 9.69 Å². The Kier molecular flexibility index (Phi) is 4.96. The number of hydrogen-bond donors (Lipinski definition) is 1. The van der Waals surface area contributed by atoms with Gasteiger partial charge in [-0.25, -0.2) is 4.79 Å². The summed E-state index contributed by atoms with van der Waals surface area (Å²) in [5, 5.41) is 9.04. The Morgan fingerprint density at radius 1 is 1.38 bits per heavy atom. The van der Waals surface area contributed by atoms with E-state index in [0.29, 0.717) is 0 Å². The number of rotatable bonds is 5. The van der Waals surface area contributed by atoms with E-state index in [9.17, 15) is 9.59 Å². The van der Waals surface area contributed by atoms with Crippen LogP contribution >= 0.6 is 0 Å². The molecule has 5 nitrogen and oxygen atoms in total. The number of benzene rings is 1. The SMILES string of the molecule is C[C@@H](C(=O)O)N(C)C(=O)[C@H]1CCCN1Cc1ccccc1. The lowest BCUT2D eigenvalue weighted by atomic mass is 10.1. The summed E-state index contributed by atoms with van der Waals surface area (Å²) in [5.41, 5.74) is 1.17. The lowest BCUT2D eigenvalue weighted by Gasteiger charge is -2.29. The van der Waals surface area contributed by atoms with Crippen LogP contribution in [0.15, 0.2) is 30.3 Å². The van der Waals surface area contributed by atoms with Gasteiger partial charge in [0.15, 0.2) is 0 Å². The van der Waals surface area contributed by atoms with Crippen LogP contribution in [0.5, 0.6) is 0 Å². The molecular formula is C16H22N2O3. The van der Waals surface area contributed by atoms with Crippen LogP contribution in [-0.2, 0) is 16.1 Å². The van der Waals surface area contributed by atoms with Gasteiger partial charge in [0.2, 0.25) is 5.91 Å². The molecule has 0 aliphatic carbocycles. The maximum atomic E-state index is 12.5. The van der Waals surface area contributed by atoms with Crippen LogP contribution in [0.25, 0.3) is 0 Å². The number of hydrogen-bond acceptors (Lipinski definition) is 3. The van der Waals surface area contributed by atoms with Crippen molar-refractivity contribution in [1.29, 1.82) is 0 Å². The van der Waals surface area contributed by atoms with Crippen LogP contribution in [0.1, 0.15) is 25.3 Å². The fraction of sp³-hybridized carbons (Fsp3) is 0.500. The number of aliphatic carboxylic acids is 1. The molecule has 0 saturated carbocycles. The van der Waals surface area contributed by atoms with Gasteiger partial charge in [0.1, 0.15) is 6.04 Å². The molecule has 0 radical (unpaired) electrons. The summed E-state index contributed by atoms with van der Waals surface area (Å²) in [6.07, 6.45) is 1.76. The van der Waals surface area contributed by atoms with Gasteiger partial charge in [0.05, 0.1) is 6.04 Å². The number of likely N-dealkylation sites (tertiary alicyclic amines) is 1. The Hall–Kier alpha value is -1.88. The minimum absolute atomic E-state index is 0.0988. The van der Waals surface area contributed by atoms with E-state index in [1.54, 1.807) is 7.05 Å². The predicted octanol–water partition coefficient (Wildman–Crippen LogP) is 1.58. The van der Waals surface area contributed by atoms with Crippen LogP contribution in [-0.4, -0.2) is 52.5 Å². The Morgan fingerprint density at radius 3 is 2.67 bits per heavy atom. The maximum Gasteiger partial charge on any atom is 0.326 e. The number of carboxylic acids is 1. The Bertz CT molecular complexity index is 504. The first-order chi connectivity index (χ1) is 10.0. The van der Waals surface area contributed by atoms with Crippen molar-refractivity contribution in [2.45, 2.75) is 38.4 Å². The standard InChI is InChI=1S/C16H22N2O3/c1-12(16(20)21)17(2)15(19)14-9-6-10-18(14)11-13-7-4-3-5-8-13/h3-5,7-8,12,14H,6,9-11H2,1-2H3,(H,20,21)/t12-,14+/m0/s1. The van der Waals surface area contributed by atoms with E-state index in [-0.39, 0.29) is 11.9 Å². The zero-order valence-corrected chi connectivity index (χ0v) is 12.5. The topological polar surface area (TPSA) is 60.9 Å². The minimum Gasteiger partial charge on any atom is -0.480 e. The van der Waals surface area contributed by atoms with E-state index in [1.807, 2.05) is 30.3 Å². The van der Waals surface area contributed by atoms with Gasteiger partial charge in [-0.1, -0.05) is 30.3 Å². The highest BCUT2D eigenvalue weighted by molar-refractivity contribution is 5.86. The second-order valence-corrected chi connectivity index (χ2v) is 5.58. The lowest BCUT2D eigenvalue weighted by molar-refractivity contribution is -0.150. The molecule has 1 aromatic rings. The van der Waals surface area contributed by atoms with Crippen molar-refractivity contribution in [3.05, 3.63) is 35.9 Å². The third kappa shape index (κ3) is 3.61. The summed E-state index contributed by atoms with van der Waals surface area (Å²) in [6, 6.07) is 9.03. The van der Waals surface area contributed by atoms with Crippen LogP contribution < -0.4 is 0 Å². The number of carboxylic acid groups (broad SMARTS) is 1. The molecule has 1 fully saturated rings. The van der Waals surface area contributed by atoms with Crippen LogP contribution in [0.4, 0.5) is 0 Å². The number of amides is 1. The zero-order valence-electron chi connectivity index (χ0n) is 12.5. The summed E-state index contributed by atoms with van der Waals surface area (Å²) in [6.45, 7) is 3.14. The molecule has 5 heteroatoms. The summed E-state index contributed by atoms with van der Waals surface area (Å²) < 4.78 is 0. The summed E-state index contributed by atoms with van der Waals surface area (Å²) >= 11 is 0. The zero-order chi connectivity index (χ0) is 15.4. The van der Waals surface area contributed by atoms with Gasteiger partial charge in [-0.2, -0.15) is 0 Å². The molecule has 0 aromatic heterocycles. The highest BCUT2D eigenvalue weighted by atomic mass is 16.4. The molecule has 114 valence electrons. The van der Waals surface area contributed by atoms with Crippen molar-refractivity contribution in [2.24, 2.45) is 0 Å². The van der Waals surface area contributed by atoms with Gasteiger partial charge in [0.25, 0.3) is 0 Å². The van der Waals surface area contributed by atoms with Gasteiger partial charge < -0.3 is 10.0 Å². The molecule has 1 amide bonds. The Balaban J connectivity index is 2.04. The molecule has 1 aliphatic rings. The van der Waals surface area contributed by atoms with Crippen LogP contribution in [0.3, 0.4) is 0 Å². The average molecular weight is 290 g/mol. The van der Waals surface area contributed by atoms with Crippen molar-refractivity contribution in [3.8, 4) is 0 Å². The second-order valence-electron chi connectivity index (χ2n) is 5.58. The molecule has 21 heavy (non-hydrogen) atoms. The molecule has 1 saturated heterocycles. The van der Waals surface area contributed by atoms with E-state index in [0.717, 1.165) is 25.9 Å². The quantitative estimate of drug-likeness (QED) is 0.894. The summed E-state index contributed by atoms with van der Waals surface area (Å²) in [7, 11) is 1.57. The fourth-order valence-electron chi connectivity index (χ4n) is 2.70. The first kappa shape index (κ1) is 15.5. The maximum absolute atomic E-state index is 12.5. The first-order valence-electron chi connectivity index (χ1n) is 7.28.